The van der Waals surface area contributed by atoms with E-state index in [0.29, 0.717) is 23.5 Å². The predicted octanol–water partition coefficient (Wildman–Crippen LogP) is 3.57. The van der Waals surface area contributed by atoms with Gasteiger partial charge in [0.15, 0.2) is 0 Å². The number of aryl methyl sites for hydroxylation is 1. The van der Waals surface area contributed by atoms with Gasteiger partial charge in [0.05, 0.1) is 23.2 Å². The fourth-order valence-corrected chi connectivity index (χ4v) is 4.36. The lowest BCUT2D eigenvalue weighted by Gasteiger charge is -2.28. The SMILES string of the molecule is CCCCNC(=O)c1ccccc1NC(=O)[C@@H](C)N(c1ccc(CC)cc1)S(C)(=O)=O. The highest BCUT2D eigenvalue weighted by atomic mass is 32.2. The topological polar surface area (TPSA) is 95.6 Å². The number of benzene rings is 2. The van der Waals surface area contributed by atoms with E-state index >= 15 is 0 Å². The summed E-state index contributed by atoms with van der Waals surface area (Å²) in [4.78, 5) is 25.5. The summed E-state index contributed by atoms with van der Waals surface area (Å²) in [7, 11) is -3.72. The van der Waals surface area contributed by atoms with Crippen LogP contribution in [0.25, 0.3) is 0 Å². The normalized spacial score (nSPS) is 12.1. The molecule has 1 atom stereocenters. The van der Waals surface area contributed by atoms with Crippen molar-refractivity contribution in [2.75, 3.05) is 22.4 Å². The first-order valence-corrected chi connectivity index (χ1v) is 12.3. The maximum absolute atomic E-state index is 13.0. The Hall–Kier alpha value is -2.87. The first kappa shape index (κ1) is 24.4. The number of carbonyl (C=O) groups is 2. The number of unbranched alkanes of at least 4 members (excludes halogenated alkanes) is 1. The minimum absolute atomic E-state index is 0.285. The van der Waals surface area contributed by atoms with Crippen molar-refractivity contribution >= 4 is 33.2 Å². The highest BCUT2D eigenvalue weighted by Gasteiger charge is 2.29. The van der Waals surface area contributed by atoms with Crippen molar-refractivity contribution in [3.8, 4) is 0 Å². The molecule has 2 aromatic carbocycles. The van der Waals surface area contributed by atoms with Gasteiger partial charge in [-0.3, -0.25) is 13.9 Å². The van der Waals surface area contributed by atoms with Gasteiger partial charge < -0.3 is 10.6 Å². The van der Waals surface area contributed by atoms with Gasteiger partial charge in [-0.15, -0.1) is 0 Å². The molecule has 0 bridgehead atoms. The molecule has 0 radical (unpaired) electrons. The van der Waals surface area contributed by atoms with Crippen LogP contribution in [0.3, 0.4) is 0 Å². The number of nitrogens with zero attached hydrogens (tertiary/aromatic N) is 1. The van der Waals surface area contributed by atoms with Crippen molar-refractivity contribution in [2.45, 2.75) is 46.1 Å². The van der Waals surface area contributed by atoms with Gasteiger partial charge >= 0.3 is 0 Å². The Morgan fingerprint density at radius 3 is 2.26 bits per heavy atom. The van der Waals surface area contributed by atoms with Crippen LogP contribution in [-0.2, 0) is 21.2 Å². The van der Waals surface area contributed by atoms with Crippen molar-refractivity contribution in [2.24, 2.45) is 0 Å². The fraction of sp³-hybridized carbons (Fsp3) is 0.391. The third-order valence-electron chi connectivity index (χ3n) is 4.93. The second kappa shape index (κ2) is 10.9. The van der Waals surface area contributed by atoms with Gasteiger partial charge in [0.2, 0.25) is 15.9 Å². The van der Waals surface area contributed by atoms with E-state index in [1.54, 1.807) is 36.4 Å². The van der Waals surface area contributed by atoms with E-state index in [4.69, 9.17) is 0 Å². The van der Waals surface area contributed by atoms with Crippen LogP contribution in [0.4, 0.5) is 11.4 Å². The number of carbonyl (C=O) groups excluding carboxylic acids is 2. The molecule has 2 rings (SSSR count). The Bertz CT molecular complexity index is 1000. The smallest absolute Gasteiger partial charge is 0.253 e. The zero-order valence-corrected chi connectivity index (χ0v) is 19.3. The van der Waals surface area contributed by atoms with Crippen LogP contribution in [0, 0.1) is 0 Å². The lowest BCUT2D eigenvalue weighted by Crippen LogP contribution is -2.45. The molecule has 2 amide bonds. The third-order valence-corrected chi connectivity index (χ3v) is 6.17. The van der Waals surface area contributed by atoms with Crippen LogP contribution >= 0.6 is 0 Å². The average molecular weight is 446 g/mol. The summed E-state index contributed by atoms with van der Waals surface area (Å²) in [5.74, 6) is -0.814. The molecule has 168 valence electrons. The number of amides is 2. The number of hydrogen-bond donors (Lipinski definition) is 2. The third kappa shape index (κ3) is 6.55. The molecule has 0 aliphatic rings. The van der Waals surface area contributed by atoms with Gasteiger partial charge in [-0.2, -0.15) is 0 Å². The molecular weight excluding hydrogens is 414 g/mol. The maximum Gasteiger partial charge on any atom is 0.253 e. The molecule has 0 aromatic heterocycles. The van der Waals surface area contributed by atoms with Crippen molar-refractivity contribution < 1.29 is 18.0 Å². The molecule has 0 aliphatic heterocycles. The van der Waals surface area contributed by atoms with Gasteiger partial charge in [-0.25, -0.2) is 8.42 Å². The zero-order valence-electron chi connectivity index (χ0n) is 18.5. The standard InChI is InChI=1S/C23H31N3O4S/c1-5-7-16-24-23(28)20-10-8-9-11-21(20)25-22(27)17(3)26(31(4,29)30)19-14-12-18(6-2)13-15-19/h8-15,17H,5-7,16H2,1-4H3,(H,24,28)(H,25,27)/t17-/m1/s1. The predicted molar refractivity (Wildman–Crippen MR) is 125 cm³/mol. The molecule has 0 saturated heterocycles. The summed E-state index contributed by atoms with van der Waals surface area (Å²) in [5, 5.41) is 5.55. The minimum atomic E-state index is -3.72. The highest BCUT2D eigenvalue weighted by Crippen LogP contribution is 2.23. The van der Waals surface area contributed by atoms with E-state index in [9.17, 15) is 18.0 Å². The molecule has 0 saturated carbocycles. The van der Waals surface area contributed by atoms with E-state index in [2.05, 4.69) is 10.6 Å². The van der Waals surface area contributed by atoms with Gasteiger partial charge in [-0.1, -0.05) is 44.5 Å². The number of anilines is 2. The Morgan fingerprint density at radius 2 is 1.68 bits per heavy atom. The largest absolute Gasteiger partial charge is 0.352 e. The number of nitrogens with one attached hydrogen (secondary N) is 2. The second-order valence-electron chi connectivity index (χ2n) is 7.40. The van der Waals surface area contributed by atoms with Crippen LogP contribution in [-0.4, -0.2) is 39.1 Å². The number of sulfonamides is 1. The first-order chi connectivity index (χ1) is 14.7. The molecule has 0 spiro atoms. The Morgan fingerprint density at radius 1 is 1.03 bits per heavy atom. The summed E-state index contributed by atoms with van der Waals surface area (Å²) >= 11 is 0. The molecule has 0 aliphatic carbocycles. The fourth-order valence-electron chi connectivity index (χ4n) is 3.19. The van der Waals surface area contributed by atoms with Crippen LogP contribution in [0.1, 0.15) is 49.5 Å². The highest BCUT2D eigenvalue weighted by molar-refractivity contribution is 7.92. The van der Waals surface area contributed by atoms with E-state index in [-0.39, 0.29) is 5.91 Å². The van der Waals surface area contributed by atoms with Crippen LogP contribution < -0.4 is 14.9 Å². The van der Waals surface area contributed by atoms with Crippen LogP contribution in [0.15, 0.2) is 48.5 Å². The summed E-state index contributed by atoms with van der Waals surface area (Å²) in [6.07, 6.45) is 3.71. The van der Waals surface area contributed by atoms with Crippen LogP contribution in [0.5, 0.6) is 0 Å². The quantitative estimate of drug-likeness (QED) is 0.547. The van der Waals surface area contributed by atoms with Crippen molar-refractivity contribution in [3.05, 3.63) is 59.7 Å². The molecule has 2 aromatic rings. The monoisotopic (exact) mass is 445 g/mol. The summed E-state index contributed by atoms with van der Waals surface area (Å²) in [6.45, 7) is 6.11. The van der Waals surface area contributed by atoms with E-state index in [1.165, 1.54) is 6.92 Å². The van der Waals surface area contributed by atoms with E-state index in [1.807, 2.05) is 26.0 Å². The number of rotatable bonds is 10. The Kier molecular flexibility index (Phi) is 8.62. The van der Waals surface area contributed by atoms with Crippen LogP contribution in [0.2, 0.25) is 0 Å². The molecule has 7 nitrogen and oxygen atoms in total. The number of para-hydroxylation sites is 1. The van der Waals surface area contributed by atoms with Gasteiger partial charge in [-0.05, 0) is 49.6 Å². The molecule has 0 fully saturated rings. The summed E-state index contributed by atoms with van der Waals surface area (Å²) in [5.41, 5.74) is 2.14. The zero-order chi connectivity index (χ0) is 23.0. The molecular formula is C23H31N3O4S. The lowest BCUT2D eigenvalue weighted by atomic mass is 10.1. The summed E-state index contributed by atoms with van der Waals surface area (Å²) in [6, 6.07) is 12.7. The van der Waals surface area contributed by atoms with Crippen molar-refractivity contribution in [1.29, 1.82) is 0 Å². The van der Waals surface area contributed by atoms with E-state index < -0.39 is 22.0 Å². The molecule has 0 unspecified atom stereocenters. The summed E-state index contributed by atoms with van der Waals surface area (Å²) < 4.78 is 26.1. The maximum atomic E-state index is 13.0. The second-order valence-corrected chi connectivity index (χ2v) is 9.26. The molecule has 2 N–H and O–H groups in total. The average Bonchev–Trinajstić information content (AvgIpc) is 2.73. The first-order valence-electron chi connectivity index (χ1n) is 10.5. The lowest BCUT2D eigenvalue weighted by molar-refractivity contribution is -0.116. The minimum Gasteiger partial charge on any atom is -0.352 e. The molecule has 8 heteroatoms. The Labute approximate surface area is 184 Å². The van der Waals surface area contributed by atoms with E-state index in [0.717, 1.165) is 35.4 Å². The molecule has 31 heavy (non-hydrogen) atoms. The Balaban J connectivity index is 2.26. The number of hydrogen-bond acceptors (Lipinski definition) is 4. The van der Waals surface area contributed by atoms with Crippen molar-refractivity contribution in [3.63, 3.8) is 0 Å². The van der Waals surface area contributed by atoms with Gasteiger partial charge in [0.1, 0.15) is 6.04 Å². The molecule has 0 heterocycles. The van der Waals surface area contributed by atoms with Gasteiger partial charge in [0.25, 0.3) is 5.91 Å². The van der Waals surface area contributed by atoms with Gasteiger partial charge in [0, 0.05) is 6.54 Å². The van der Waals surface area contributed by atoms with Crippen molar-refractivity contribution in [1.82, 2.24) is 5.32 Å².